The topological polar surface area (TPSA) is 60.9 Å². The third-order valence-corrected chi connectivity index (χ3v) is 4.06. The van der Waals surface area contributed by atoms with E-state index in [1.54, 1.807) is 4.90 Å². The van der Waals surface area contributed by atoms with E-state index in [4.69, 9.17) is 5.11 Å². The minimum atomic E-state index is -0.848. The number of hydrogen-bond donors (Lipinski definition) is 1. The quantitative estimate of drug-likeness (QED) is 0.743. The molecule has 114 valence electrons. The Kier molecular flexibility index (Phi) is 4.89. The number of carboxylic acids is 1. The Labute approximate surface area is 120 Å². The molecule has 0 aromatic carbocycles. The maximum absolute atomic E-state index is 12.7. The van der Waals surface area contributed by atoms with Crippen LogP contribution < -0.4 is 0 Å². The lowest BCUT2D eigenvalue weighted by molar-refractivity contribution is -0.137. The first-order valence-corrected chi connectivity index (χ1v) is 7.74. The van der Waals surface area contributed by atoms with Crippen LogP contribution in [-0.2, 0) is 4.79 Å². The molecule has 0 aromatic rings. The van der Waals surface area contributed by atoms with Gasteiger partial charge in [-0.05, 0) is 51.4 Å². The summed E-state index contributed by atoms with van der Waals surface area (Å²) < 4.78 is 0. The first-order chi connectivity index (χ1) is 9.47. The van der Waals surface area contributed by atoms with Gasteiger partial charge in [0.05, 0.1) is 6.42 Å². The third-order valence-electron chi connectivity index (χ3n) is 4.06. The van der Waals surface area contributed by atoms with E-state index in [0.29, 0.717) is 18.4 Å². The van der Waals surface area contributed by atoms with Crippen molar-refractivity contribution in [2.75, 3.05) is 19.6 Å². The molecule has 2 rings (SSSR count). The second-order valence-electron chi connectivity index (χ2n) is 6.51. The number of nitrogens with zero attached hydrogens (tertiary/aromatic N) is 2. The van der Waals surface area contributed by atoms with Crippen molar-refractivity contribution in [3.8, 4) is 0 Å². The SMILES string of the molecule is CC(C)N(CCC(=O)O)C(=O)N(CC1CC1)CC1CC1. The molecular weight excluding hydrogens is 256 g/mol. The Balaban J connectivity index is 1.94. The van der Waals surface area contributed by atoms with Gasteiger partial charge in [-0.1, -0.05) is 0 Å². The van der Waals surface area contributed by atoms with Gasteiger partial charge in [0, 0.05) is 25.7 Å². The number of urea groups is 1. The Hall–Kier alpha value is -1.26. The zero-order chi connectivity index (χ0) is 14.7. The highest BCUT2D eigenvalue weighted by molar-refractivity contribution is 5.76. The summed E-state index contributed by atoms with van der Waals surface area (Å²) in [5, 5.41) is 8.82. The molecule has 2 aliphatic rings. The van der Waals surface area contributed by atoms with Crippen molar-refractivity contribution in [2.45, 2.75) is 52.0 Å². The minimum Gasteiger partial charge on any atom is -0.481 e. The van der Waals surface area contributed by atoms with E-state index >= 15 is 0 Å². The van der Waals surface area contributed by atoms with E-state index in [-0.39, 0.29) is 18.5 Å². The molecule has 2 amide bonds. The van der Waals surface area contributed by atoms with Crippen LogP contribution in [0.5, 0.6) is 0 Å². The van der Waals surface area contributed by atoms with Crippen molar-refractivity contribution in [1.82, 2.24) is 9.80 Å². The molecule has 5 heteroatoms. The molecule has 5 nitrogen and oxygen atoms in total. The first-order valence-electron chi connectivity index (χ1n) is 7.74. The molecule has 2 fully saturated rings. The highest BCUT2D eigenvalue weighted by atomic mass is 16.4. The van der Waals surface area contributed by atoms with Gasteiger partial charge in [-0.2, -0.15) is 0 Å². The summed E-state index contributed by atoms with van der Waals surface area (Å²) in [5.74, 6) is 0.497. The number of carboxylic acid groups (broad SMARTS) is 1. The smallest absolute Gasteiger partial charge is 0.320 e. The maximum Gasteiger partial charge on any atom is 0.320 e. The zero-order valence-electron chi connectivity index (χ0n) is 12.5. The standard InChI is InChI=1S/C15H26N2O3/c1-11(2)17(8-7-14(18)19)15(20)16(9-12-3-4-12)10-13-5-6-13/h11-13H,3-10H2,1-2H3,(H,18,19). The average Bonchev–Trinajstić information content (AvgIpc) is 3.22. The van der Waals surface area contributed by atoms with Crippen molar-refractivity contribution in [3.63, 3.8) is 0 Å². The summed E-state index contributed by atoms with van der Waals surface area (Å²) >= 11 is 0. The number of carbonyl (C=O) groups is 2. The first kappa shape index (κ1) is 15.1. The summed E-state index contributed by atoms with van der Waals surface area (Å²) in [6.07, 6.45) is 4.93. The Bertz CT molecular complexity index is 348. The second kappa shape index (κ2) is 6.46. The average molecular weight is 282 g/mol. The van der Waals surface area contributed by atoms with Gasteiger partial charge in [0.2, 0.25) is 0 Å². The number of hydrogen-bond acceptors (Lipinski definition) is 2. The Morgan fingerprint density at radius 3 is 1.95 bits per heavy atom. The van der Waals surface area contributed by atoms with Gasteiger partial charge in [0.15, 0.2) is 0 Å². The molecule has 0 spiro atoms. The van der Waals surface area contributed by atoms with E-state index in [1.807, 2.05) is 18.7 Å². The molecule has 0 bridgehead atoms. The minimum absolute atomic E-state index is 0.0185. The summed E-state index contributed by atoms with van der Waals surface area (Å²) in [6.45, 7) is 5.91. The summed E-state index contributed by atoms with van der Waals surface area (Å²) in [5.41, 5.74) is 0. The molecule has 0 aliphatic heterocycles. The molecule has 0 aromatic heterocycles. The van der Waals surface area contributed by atoms with E-state index in [2.05, 4.69) is 0 Å². The van der Waals surface area contributed by atoms with Gasteiger partial charge in [-0.25, -0.2) is 4.79 Å². The molecule has 0 heterocycles. The predicted molar refractivity (Wildman–Crippen MR) is 76.5 cm³/mol. The third kappa shape index (κ3) is 4.69. The van der Waals surface area contributed by atoms with Gasteiger partial charge in [-0.3, -0.25) is 4.79 Å². The van der Waals surface area contributed by atoms with Crippen LogP contribution in [-0.4, -0.2) is 52.6 Å². The number of amides is 2. The van der Waals surface area contributed by atoms with Gasteiger partial charge in [0.25, 0.3) is 0 Å². The fourth-order valence-electron chi connectivity index (χ4n) is 2.43. The maximum atomic E-state index is 12.7. The molecule has 0 radical (unpaired) electrons. The highest BCUT2D eigenvalue weighted by Gasteiger charge is 2.33. The predicted octanol–water partition coefficient (Wildman–Crippen LogP) is 2.41. The van der Waals surface area contributed by atoms with Crippen LogP contribution in [0.3, 0.4) is 0 Å². The Morgan fingerprint density at radius 1 is 1.10 bits per heavy atom. The highest BCUT2D eigenvalue weighted by Crippen LogP contribution is 2.34. The second-order valence-corrected chi connectivity index (χ2v) is 6.51. The van der Waals surface area contributed by atoms with Crippen LogP contribution in [0.1, 0.15) is 46.0 Å². The number of carbonyl (C=O) groups excluding carboxylic acids is 1. The zero-order valence-corrected chi connectivity index (χ0v) is 12.5. The molecule has 1 N–H and O–H groups in total. The van der Waals surface area contributed by atoms with E-state index < -0.39 is 5.97 Å². The lowest BCUT2D eigenvalue weighted by atomic mass is 10.2. The van der Waals surface area contributed by atoms with Crippen LogP contribution in [0.15, 0.2) is 0 Å². The van der Waals surface area contributed by atoms with Crippen molar-refractivity contribution in [2.24, 2.45) is 11.8 Å². The van der Waals surface area contributed by atoms with E-state index in [1.165, 1.54) is 25.7 Å². The van der Waals surface area contributed by atoms with Crippen molar-refractivity contribution < 1.29 is 14.7 Å². The van der Waals surface area contributed by atoms with Crippen LogP contribution >= 0.6 is 0 Å². The summed E-state index contributed by atoms with van der Waals surface area (Å²) in [7, 11) is 0. The monoisotopic (exact) mass is 282 g/mol. The molecule has 0 unspecified atom stereocenters. The lowest BCUT2D eigenvalue weighted by Gasteiger charge is -2.33. The van der Waals surface area contributed by atoms with Crippen molar-refractivity contribution in [3.05, 3.63) is 0 Å². The normalized spacial score (nSPS) is 18.1. The molecule has 2 saturated carbocycles. The number of rotatable bonds is 8. The van der Waals surface area contributed by atoms with Crippen molar-refractivity contribution in [1.29, 1.82) is 0 Å². The molecular formula is C15H26N2O3. The van der Waals surface area contributed by atoms with E-state index in [0.717, 1.165) is 13.1 Å². The summed E-state index contributed by atoms with van der Waals surface area (Å²) in [6, 6.07) is 0.0720. The van der Waals surface area contributed by atoms with Gasteiger partial charge >= 0.3 is 12.0 Å². The van der Waals surface area contributed by atoms with Crippen LogP contribution in [0.4, 0.5) is 4.79 Å². The molecule has 0 saturated heterocycles. The molecule has 0 atom stereocenters. The van der Waals surface area contributed by atoms with Gasteiger partial charge < -0.3 is 14.9 Å². The van der Waals surface area contributed by atoms with Crippen LogP contribution in [0, 0.1) is 11.8 Å². The fourth-order valence-corrected chi connectivity index (χ4v) is 2.43. The van der Waals surface area contributed by atoms with Crippen LogP contribution in [0.25, 0.3) is 0 Å². The van der Waals surface area contributed by atoms with Crippen LogP contribution in [0.2, 0.25) is 0 Å². The molecule has 2 aliphatic carbocycles. The lowest BCUT2D eigenvalue weighted by Crippen LogP contribution is -2.48. The molecule has 20 heavy (non-hydrogen) atoms. The van der Waals surface area contributed by atoms with Gasteiger partial charge in [0.1, 0.15) is 0 Å². The summed E-state index contributed by atoms with van der Waals surface area (Å²) in [4.78, 5) is 27.1. The van der Waals surface area contributed by atoms with Crippen molar-refractivity contribution >= 4 is 12.0 Å². The number of aliphatic carboxylic acids is 1. The van der Waals surface area contributed by atoms with Gasteiger partial charge in [-0.15, -0.1) is 0 Å². The fraction of sp³-hybridized carbons (Fsp3) is 0.867. The van der Waals surface area contributed by atoms with E-state index in [9.17, 15) is 9.59 Å². The Morgan fingerprint density at radius 2 is 1.60 bits per heavy atom. The largest absolute Gasteiger partial charge is 0.481 e.